The van der Waals surface area contributed by atoms with Crippen molar-refractivity contribution in [3.63, 3.8) is 0 Å². The first-order valence-electron chi connectivity index (χ1n) is 2.54. The van der Waals surface area contributed by atoms with Crippen molar-refractivity contribution in [3.8, 4) is 0 Å². The first kappa shape index (κ1) is 6.91. The predicted octanol–water partition coefficient (Wildman–Crippen LogP) is 1.28. The molecule has 0 fully saturated rings. The molecule has 9 heavy (non-hydrogen) atoms. The molecule has 1 aromatic rings. The Balaban J connectivity index is 2.85. The van der Waals surface area contributed by atoms with Crippen LogP contribution in [0.3, 0.4) is 0 Å². The zero-order chi connectivity index (χ0) is 6.69. The molecular formula is C5H5BCl2N+. The van der Waals surface area contributed by atoms with E-state index in [1.165, 1.54) is 0 Å². The van der Waals surface area contributed by atoms with E-state index >= 15 is 0 Å². The first-order valence-corrected chi connectivity index (χ1v) is 3.42. The van der Waals surface area contributed by atoms with Gasteiger partial charge in [0.25, 0.3) is 0 Å². The molecule has 0 saturated carbocycles. The molecule has 0 unspecified atom stereocenters. The van der Waals surface area contributed by atoms with Crippen molar-refractivity contribution < 1.29 is 4.48 Å². The van der Waals surface area contributed by atoms with E-state index in [0.29, 0.717) is 0 Å². The highest BCUT2D eigenvalue weighted by Gasteiger charge is 2.20. The van der Waals surface area contributed by atoms with E-state index in [-0.39, 0.29) is 0 Å². The van der Waals surface area contributed by atoms with E-state index < -0.39 is 5.68 Å². The summed E-state index contributed by atoms with van der Waals surface area (Å²) < 4.78 is 1.70. The summed E-state index contributed by atoms with van der Waals surface area (Å²) in [5.74, 6) is 0. The highest BCUT2D eigenvalue weighted by atomic mass is 35.5. The summed E-state index contributed by atoms with van der Waals surface area (Å²) in [5, 5.41) is 0. The molecule has 1 nitrogen and oxygen atoms in total. The van der Waals surface area contributed by atoms with Gasteiger partial charge in [-0.3, -0.25) is 4.48 Å². The Bertz CT molecular complexity index is 178. The average Bonchev–Trinajstić information content (AvgIpc) is 1.90. The molecule has 0 saturated heterocycles. The fourth-order valence-corrected chi connectivity index (χ4v) is 0.802. The van der Waals surface area contributed by atoms with E-state index in [9.17, 15) is 0 Å². The molecule has 0 aliphatic heterocycles. The molecule has 1 aromatic heterocycles. The predicted molar refractivity (Wildman–Crippen MR) is 39.5 cm³/mol. The van der Waals surface area contributed by atoms with Gasteiger partial charge in [-0.25, -0.2) is 0 Å². The molecule has 0 aliphatic rings. The van der Waals surface area contributed by atoms with Crippen molar-refractivity contribution >= 4 is 28.6 Å². The standard InChI is InChI=1S/C5H5BCl2N/c7-6(8)9-4-2-1-3-5-9/h1-5H/q+1. The van der Waals surface area contributed by atoms with E-state index in [4.69, 9.17) is 22.9 Å². The van der Waals surface area contributed by atoms with E-state index in [2.05, 4.69) is 0 Å². The number of rotatable bonds is 1. The SMILES string of the molecule is ClB(Cl)[n+]1ccccc1. The van der Waals surface area contributed by atoms with Crippen LogP contribution in [-0.2, 0) is 0 Å². The molecule has 46 valence electrons. The van der Waals surface area contributed by atoms with Gasteiger partial charge in [0.1, 0.15) is 12.4 Å². The Kier molecular flexibility index (Phi) is 2.37. The molecule has 0 radical (unpaired) electrons. The topological polar surface area (TPSA) is 3.88 Å². The smallest absolute Gasteiger partial charge is 0.260 e. The van der Waals surface area contributed by atoms with Gasteiger partial charge in [0.05, 0.1) is 0 Å². The minimum absolute atomic E-state index is 0.480. The zero-order valence-electron chi connectivity index (χ0n) is 4.67. The van der Waals surface area contributed by atoms with Gasteiger partial charge in [-0.2, -0.15) is 0 Å². The van der Waals surface area contributed by atoms with Crippen LogP contribution in [0.4, 0.5) is 0 Å². The van der Waals surface area contributed by atoms with Crippen molar-refractivity contribution in [1.29, 1.82) is 0 Å². The lowest BCUT2D eigenvalue weighted by atomic mass is 10.3. The fourth-order valence-electron chi connectivity index (χ4n) is 0.542. The minimum atomic E-state index is -0.480. The van der Waals surface area contributed by atoms with Gasteiger partial charge in [-0.1, -0.05) is 29.0 Å². The molecule has 0 N–H and O–H groups in total. The van der Waals surface area contributed by atoms with Crippen molar-refractivity contribution in [1.82, 2.24) is 0 Å². The van der Waals surface area contributed by atoms with Gasteiger partial charge in [0.2, 0.25) is 0 Å². The van der Waals surface area contributed by atoms with Crippen LogP contribution in [0.1, 0.15) is 0 Å². The van der Waals surface area contributed by atoms with Gasteiger partial charge in [0.15, 0.2) is 0 Å². The Hall–Kier alpha value is -0.205. The Labute approximate surface area is 64.1 Å². The molecule has 1 rings (SSSR count). The maximum absolute atomic E-state index is 5.53. The summed E-state index contributed by atoms with van der Waals surface area (Å²) in [6.45, 7) is 0. The lowest BCUT2D eigenvalue weighted by Gasteiger charge is -1.87. The normalized spacial score (nSPS) is 9.11. The number of nitrogens with zero attached hydrogens (tertiary/aromatic N) is 1. The van der Waals surface area contributed by atoms with Crippen molar-refractivity contribution in [2.45, 2.75) is 0 Å². The van der Waals surface area contributed by atoms with Crippen LogP contribution in [0.25, 0.3) is 0 Å². The summed E-state index contributed by atoms with van der Waals surface area (Å²) >= 11 is 11.1. The number of pyridine rings is 1. The number of halogens is 2. The molecule has 4 heteroatoms. The first-order chi connectivity index (χ1) is 4.30. The maximum Gasteiger partial charge on any atom is 0.707 e. The third kappa shape index (κ3) is 1.88. The quantitative estimate of drug-likeness (QED) is 0.546. The second-order valence-electron chi connectivity index (χ2n) is 1.60. The average molecular weight is 161 g/mol. The highest BCUT2D eigenvalue weighted by molar-refractivity contribution is 7.29. The van der Waals surface area contributed by atoms with Crippen LogP contribution in [0.15, 0.2) is 30.6 Å². The molecular weight excluding hydrogens is 156 g/mol. The highest BCUT2D eigenvalue weighted by Crippen LogP contribution is 1.89. The van der Waals surface area contributed by atoms with Crippen molar-refractivity contribution in [2.75, 3.05) is 0 Å². The summed E-state index contributed by atoms with van der Waals surface area (Å²) in [5.41, 5.74) is -0.480. The van der Waals surface area contributed by atoms with Crippen molar-refractivity contribution in [3.05, 3.63) is 30.6 Å². The van der Waals surface area contributed by atoms with E-state index in [1.54, 1.807) is 4.48 Å². The molecule has 0 aromatic carbocycles. The van der Waals surface area contributed by atoms with E-state index in [1.807, 2.05) is 30.6 Å². The van der Waals surface area contributed by atoms with E-state index in [0.717, 1.165) is 0 Å². The summed E-state index contributed by atoms with van der Waals surface area (Å²) in [4.78, 5) is 0. The van der Waals surface area contributed by atoms with Crippen LogP contribution in [-0.4, -0.2) is 5.68 Å². The second-order valence-corrected chi connectivity index (χ2v) is 2.65. The molecule has 0 atom stereocenters. The lowest BCUT2D eigenvalue weighted by Crippen LogP contribution is -2.42. The van der Waals surface area contributed by atoms with Crippen LogP contribution >= 0.6 is 22.9 Å². The summed E-state index contributed by atoms with van der Waals surface area (Å²) in [6.07, 6.45) is 3.62. The zero-order valence-corrected chi connectivity index (χ0v) is 6.18. The third-order valence-corrected chi connectivity index (χ3v) is 1.41. The molecule has 0 amide bonds. The largest absolute Gasteiger partial charge is 0.707 e. The Morgan fingerprint density at radius 1 is 1.00 bits per heavy atom. The molecule has 0 aliphatic carbocycles. The minimum Gasteiger partial charge on any atom is -0.260 e. The molecule has 0 spiro atoms. The van der Waals surface area contributed by atoms with Crippen LogP contribution in [0.5, 0.6) is 0 Å². The monoisotopic (exact) mass is 160 g/mol. The van der Waals surface area contributed by atoms with Crippen LogP contribution in [0.2, 0.25) is 0 Å². The lowest BCUT2D eigenvalue weighted by molar-refractivity contribution is -0.528. The van der Waals surface area contributed by atoms with Gasteiger partial charge in [-0.05, 0) is 12.1 Å². The second kappa shape index (κ2) is 3.09. The number of hydrogen-bond acceptors (Lipinski definition) is 0. The van der Waals surface area contributed by atoms with Crippen molar-refractivity contribution in [2.24, 2.45) is 0 Å². The maximum atomic E-state index is 5.53. The summed E-state index contributed by atoms with van der Waals surface area (Å²) in [6, 6.07) is 5.65. The molecule has 0 bridgehead atoms. The fraction of sp³-hybridized carbons (Fsp3) is 0. The van der Waals surface area contributed by atoms with Gasteiger partial charge in [-0.15, -0.1) is 0 Å². The Morgan fingerprint density at radius 3 is 1.89 bits per heavy atom. The van der Waals surface area contributed by atoms with Crippen LogP contribution in [0, 0.1) is 0 Å². The van der Waals surface area contributed by atoms with Crippen LogP contribution < -0.4 is 4.48 Å². The number of hydrogen-bond donors (Lipinski definition) is 0. The third-order valence-electron chi connectivity index (χ3n) is 0.964. The molecule has 1 heterocycles. The summed E-state index contributed by atoms with van der Waals surface area (Å²) in [7, 11) is 0. The van der Waals surface area contributed by atoms with Gasteiger partial charge < -0.3 is 0 Å². The van der Waals surface area contributed by atoms with Gasteiger partial charge >= 0.3 is 5.68 Å². The van der Waals surface area contributed by atoms with Gasteiger partial charge in [0, 0.05) is 0 Å². The number of aromatic nitrogens is 1. The Morgan fingerprint density at radius 2 is 1.56 bits per heavy atom.